The summed E-state index contributed by atoms with van der Waals surface area (Å²) in [6.45, 7) is 0. The molecule has 2 N–H and O–H groups in total. The number of benzene rings is 2. The Kier molecular flexibility index (Phi) is 3.52. The Hall–Kier alpha value is -2.34. The van der Waals surface area contributed by atoms with Gasteiger partial charge in [-0.2, -0.15) is 0 Å². The van der Waals surface area contributed by atoms with Crippen molar-refractivity contribution in [3.05, 3.63) is 57.4 Å². The molecule has 0 unspecified atom stereocenters. The van der Waals surface area contributed by atoms with Crippen LogP contribution in [-0.4, -0.2) is 4.92 Å². The monoisotopic (exact) mass is 282 g/mol. The van der Waals surface area contributed by atoms with Crippen LogP contribution in [0.4, 0.5) is 15.8 Å². The average molecular weight is 283 g/mol. The van der Waals surface area contributed by atoms with Crippen LogP contribution in [0.1, 0.15) is 0 Å². The van der Waals surface area contributed by atoms with Gasteiger partial charge in [0.05, 0.1) is 9.95 Å². The second-order valence-electron chi connectivity index (χ2n) is 3.63. The summed E-state index contributed by atoms with van der Waals surface area (Å²) in [5.41, 5.74) is 5.14. The number of anilines is 1. The predicted octanol–water partition coefficient (Wildman–Crippen LogP) is 3.76. The van der Waals surface area contributed by atoms with E-state index in [1.807, 2.05) is 0 Å². The molecule has 0 atom stereocenters. The fourth-order valence-corrected chi connectivity index (χ4v) is 1.70. The van der Waals surface area contributed by atoms with Crippen LogP contribution < -0.4 is 10.5 Å². The molecule has 0 aliphatic carbocycles. The van der Waals surface area contributed by atoms with Crippen molar-refractivity contribution in [3.8, 4) is 11.5 Å². The molecule has 0 radical (unpaired) electrons. The molecule has 0 heterocycles. The topological polar surface area (TPSA) is 78.4 Å². The van der Waals surface area contributed by atoms with E-state index >= 15 is 0 Å². The molecule has 0 aromatic heterocycles. The van der Waals surface area contributed by atoms with Gasteiger partial charge in [0.25, 0.3) is 0 Å². The minimum Gasteiger partial charge on any atom is -0.448 e. The molecule has 0 fully saturated rings. The van der Waals surface area contributed by atoms with Crippen molar-refractivity contribution in [2.24, 2.45) is 0 Å². The number of nitro groups is 1. The number of para-hydroxylation sites is 1. The van der Waals surface area contributed by atoms with E-state index in [0.717, 1.165) is 12.1 Å². The molecule has 0 spiro atoms. The van der Waals surface area contributed by atoms with Crippen molar-refractivity contribution < 1.29 is 14.1 Å². The Morgan fingerprint density at radius 2 is 2.00 bits per heavy atom. The number of nitrogen functional groups attached to an aromatic ring is 1. The van der Waals surface area contributed by atoms with Gasteiger partial charge in [0.1, 0.15) is 17.3 Å². The second-order valence-corrected chi connectivity index (χ2v) is 4.04. The molecular weight excluding hydrogens is 275 g/mol. The zero-order valence-corrected chi connectivity index (χ0v) is 10.2. The van der Waals surface area contributed by atoms with Crippen LogP contribution in [0, 0.1) is 15.9 Å². The van der Waals surface area contributed by atoms with Crippen LogP contribution in [-0.2, 0) is 0 Å². The van der Waals surface area contributed by atoms with Crippen LogP contribution >= 0.6 is 11.6 Å². The van der Waals surface area contributed by atoms with E-state index in [2.05, 4.69) is 0 Å². The molecule has 7 heteroatoms. The van der Waals surface area contributed by atoms with E-state index in [-0.39, 0.29) is 27.9 Å². The summed E-state index contributed by atoms with van der Waals surface area (Å²) in [4.78, 5) is 10.3. The van der Waals surface area contributed by atoms with Crippen molar-refractivity contribution in [1.82, 2.24) is 0 Å². The third kappa shape index (κ3) is 2.74. The first-order chi connectivity index (χ1) is 8.99. The van der Waals surface area contributed by atoms with Gasteiger partial charge in [0.2, 0.25) is 5.75 Å². The zero-order chi connectivity index (χ0) is 14.0. The highest BCUT2D eigenvalue weighted by molar-refractivity contribution is 6.32. The molecule has 0 saturated carbocycles. The molecule has 19 heavy (non-hydrogen) atoms. The molecule has 0 bridgehead atoms. The van der Waals surface area contributed by atoms with Crippen molar-refractivity contribution in [1.29, 1.82) is 0 Å². The lowest BCUT2D eigenvalue weighted by atomic mass is 10.2. The first kappa shape index (κ1) is 13.1. The molecule has 5 nitrogen and oxygen atoms in total. The Balaban J connectivity index is 2.44. The summed E-state index contributed by atoms with van der Waals surface area (Å²) in [5.74, 6) is -0.477. The molecule has 2 rings (SSSR count). The molecule has 0 aliphatic rings. The smallest absolute Gasteiger partial charge is 0.334 e. The SMILES string of the molecule is Nc1cccc(Oc2ccc(F)cc2Cl)c1[N+](=O)[O-]. The number of hydrogen-bond acceptors (Lipinski definition) is 4. The molecule has 0 saturated heterocycles. The van der Waals surface area contributed by atoms with Gasteiger partial charge in [-0.15, -0.1) is 0 Å². The maximum Gasteiger partial charge on any atom is 0.334 e. The van der Waals surface area contributed by atoms with Crippen molar-refractivity contribution in [2.75, 3.05) is 5.73 Å². The maximum atomic E-state index is 12.9. The minimum absolute atomic E-state index is 0.0109. The van der Waals surface area contributed by atoms with Gasteiger partial charge < -0.3 is 10.5 Å². The molecule has 2 aromatic rings. The van der Waals surface area contributed by atoms with Crippen LogP contribution in [0.5, 0.6) is 11.5 Å². The molecule has 0 aliphatic heterocycles. The Labute approximate surface area is 112 Å². The highest BCUT2D eigenvalue weighted by Gasteiger charge is 2.20. The summed E-state index contributed by atoms with van der Waals surface area (Å²) in [7, 11) is 0. The predicted molar refractivity (Wildman–Crippen MR) is 69.0 cm³/mol. The quantitative estimate of drug-likeness (QED) is 0.528. The second kappa shape index (κ2) is 5.11. The highest BCUT2D eigenvalue weighted by atomic mass is 35.5. The molecule has 98 valence electrons. The number of nitrogens with zero attached hydrogens (tertiary/aromatic N) is 1. The number of nitrogens with two attached hydrogens (primary N) is 1. The fourth-order valence-electron chi connectivity index (χ4n) is 1.49. The number of rotatable bonds is 3. The van der Waals surface area contributed by atoms with Gasteiger partial charge in [0, 0.05) is 0 Å². The van der Waals surface area contributed by atoms with E-state index in [9.17, 15) is 14.5 Å². The van der Waals surface area contributed by atoms with Crippen LogP contribution in [0.2, 0.25) is 5.02 Å². The van der Waals surface area contributed by atoms with Gasteiger partial charge >= 0.3 is 5.69 Å². The van der Waals surface area contributed by atoms with Crippen molar-refractivity contribution >= 4 is 23.0 Å². The van der Waals surface area contributed by atoms with Gasteiger partial charge in [-0.1, -0.05) is 17.7 Å². The number of halogens is 2. The lowest BCUT2D eigenvalue weighted by Crippen LogP contribution is -1.98. The van der Waals surface area contributed by atoms with Crippen LogP contribution in [0.3, 0.4) is 0 Å². The zero-order valence-electron chi connectivity index (χ0n) is 9.47. The van der Waals surface area contributed by atoms with Gasteiger partial charge in [-0.25, -0.2) is 4.39 Å². The Morgan fingerprint density at radius 1 is 1.26 bits per heavy atom. The van der Waals surface area contributed by atoms with Crippen molar-refractivity contribution in [2.45, 2.75) is 0 Å². The first-order valence-electron chi connectivity index (χ1n) is 5.15. The molecule has 0 amide bonds. The van der Waals surface area contributed by atoms with E-state index in [4.69, 9.17) is 22.1 Å². The van der Waals surface area contributed by atoms with Crippen LogP contribution in [0.25, 0.3) is 0 Å². The Morgan fingerprint density at radius 3 is 2.63 bits per heavy atom. The van der Waals surface area contributed by atoms with Gasteiger partial charge in [0.15, 0.2) is 0 Å². The summed E-state index contributed by atoms with van der Waals surface area (Å²) >= 11 is 5.79. The third-order valence-corrected chi connectivity index (χ3v) is 2.62. The fraction of sp³-hybridized carbons (Fsp3) is 0. The summed E-state index contributed by atoms with van der Waals surface area (Å²) < 4.78 is 18.2. The standard InChI is InChI=1S/C12H8ClFN2O3/c13-8-6-7(14)4-5-10(8)19-11-3-1-2-9(15)12(11)16(17)18/h1-6H,15H2. The van der Waals surface area contributed by atoms with Gasteiger partial charge in [-0.05, 0) is 30.3 Å². The first-order valence-corrected chi connectivity index (χ1v) is 5.52. The minimum atomic E-state index is -0.651. The lowest BCUT2D eigenvalue weighted by molar-refractivity contribution is -0.384. The summed E-state index contributed by atoms with van der Waals surface area (Å²) in [6.07, 6.45) is 0. The van der Waals surface area contributed by atoms with Gasteiger partial charge in [-0.3, -0.25) is 10.1 Å². The normalized spacial score (nSPS) is 10.2. The third-order valence-electron chi connectivity index (χ3n) is 2.33. The molecular formula is C12H8ClFN2O3. The maximum absolute atomic E-state index is 12.9. The highest BCUT2D eigenvalue weighted by Crippen LogP contribution is 2.38. The largest absolute Gasteiger partial charge is 0.448 e. The number of nitro benzene ring substituents is 1. The van der Waals surface area contributed by atoms with E-state index < -0.39 is 10.7 Å². The summed E-state index contributed by atoms with van der Waals surface area (Å²) in [6, 6.07) is 7.75. The average Bonchev–Trinajstić information content (AvgIpc) is 2.32. The van der Waals surface area contributed by atoms with E-state index in [1.54, 1.807) is 0 Å². The molecule has 2 aromatic carbocycles. The Bertz CT molecular complexity index is 649. The lowest BCUT2D eigenvalue weighted by Gasteiger charge is -2.08. The van der Waals surface area contributed by atoms with Crippen molar-refractivity contribution in [3.63, 3.8) is 0 Å². The number of hydrogen-bond donors (Lipinski definition) is 1. The number of ether oxygens (including phenoxy) is 1. The van der Waals surface area contributed by atoms with Crippen LogP contribution in [0.15, 0.2) is 36.4 Å². The van der Waals surface area contributed by atoms with E-state index in [1.165, 1.54) is 24.3 Å². The summed E-state index contributed by atoms with van der Waals surface area (Å²) in [5, 5.41) is 10.9. The van der Waals surface area contributed by atoms with E-state index in [0.29, 0.717) is 0 Å².